The molecule has 18 heavy (non-hydrogen) atoms. The molecule has 0 heterocycles. The van der Waals surface area contributed by atoms with Crippen molar-refractivity contribution in [2.24, 2.45) is 5.41 Å². The number of hydrogen-bond donors (Lipinski definition) is 1. The lowest BCUT2D eigenvalue weighted by molar-refractivity contribution is -0.112. The maximum absolute atomic E-state index is 10.2. The molecular weight excluding hydrogens is 224 g/mol. The summed E-state index contributed by atoms with van der Waals surface area (Å²) in [6.45, 7) is 7.37. The lowest BCUT2D eigenvalue weighted by atomic mass is 9.73. The van der Waals surface area contributed by atoms with E-state index in [0.717, 1.165) is 25.9 Å². The van der Waals surface area contributed by atoms with Gasteiger partial charge in [0.05, 0.1) is 12.2 Å². The van der Waals surface area contributed by atoms with Gasteiger partial charge in [0, 0.05) is 6.61 Å². The third kappa shape index (κ3) is 5.27. The summed E-state index contributed by atoms with van der Waals surface area (Å²) >= 11 is 0. The third-order valence-electron chi connectivity index (χ3n) is 4.29. The van der Waals surface area contributed by atoms with Crippen LogP contribution in [0.25, 0.3) is 0 Å². The fourth-order valence-electron chi connectivity index (χ4n) is 2.86. The lowest BCUT2D eigenvalue weighted by Gasteiger charge is -2.40. The molecule has 1 fully saturated rings. The van der Waals surface area contributed by atoms with Crippen molar-refractivity contribution >= 4 is 0 Å². The van der Waals surface area contributed by atoms with Gasteiger partial charge in [-0.3, -0.25) is 0 Å². The van der Waals surface area contributed by atoms with Gasteiger partial charge in [0.15, 0.2) is 0 Å². The Hall–Kier alpha value is -0.0800. The van der Waals surface area contributed by atoms with Crippen LogP contribution < -0.4 is 0 Å². The van der Waals surface area contributed by atoms with Crippen LogP contribution in [0, 0.1) is 5.41 Å². The average Bonchev–Trinajstić information content (AvgIpc) is 2.33. The molecule has 0 aromatic rings. The first-order valence-corrected chi connectivity index (χ1v) is 7.87. The normalized spacial score (nSPS) is 27.3. The van der Waals surface area contributed by atoms with Crippen molar-refractivity contribution in [1.29, 1.82) is 0 Å². The van der Waals surface area contributed by atoms with Crippen molar-refractivity contribution in [2.45, 2.75) is 90.8 Å². The van der Waals surface area contributed by atoms with Gasteiger partial charge >= 0.3 is 0 Å². The predicted octanol–water partition coefficient (Wildman–Crippen LogP) is 4.30. The first-order chi connectivity index (χ1) is 8.58. The molecule has 1 aliphatic carbocycles. The zero-order valence-corrected chi connectivity index (χ0v) is 12.6. The summed E-state index contributed by atoms with van der Waals surface area (Å²) in [7, 11) is 0. The average molecular weight is 256 g/mol. The minimum Gasteiger partial charge on any atom is -0.390 e. The largest absolute Gasteiger partial charge is 0.390 e. The summed E-state index contributed by atoms with van der Waals surface area (Å²) in [5.74, 6) is 0. The molecule has 1 N–H and O–H groups in total. The Bertz CT molecular complexity index is 213. The number of hydrogen-bond acceptors (Lipinski definition) is 2. The van der Waals surface area contributed by atoms with Crippen LogP contribution in [0.15, 0.2) is 0 Å². The fourth-order valence-corrected chi connectivity index (χ4v) is 2.86. The van der Waals surface area contributed by atoms with Crippen LogP contribution in [0.1, 0.15) is 78.6 Å². The van der Waals surface area contributed by atoms with E-state index in [9.17, 15) is 5.11 Å². The van der Waals surface area contributed by atoms with Crippen LogP contribution in [-0.4, -0.2) is 23.9 Å². The Morgan fingerprint density at radius 2 is 1.78 bits per heavy atom. The molecule has 1 aliphatic rings. The Morgan fingerprint density at radius 1 is 1.11 bits per heavy atom. The monoisotopic (exact) mass is 256 g/mol. The summed E-state index contributed by atoms with van der Waals surface area (Å²) in [4.78, 5) is 0. The summed E-state index contributed by atoms with van der Waals surface area (Å²) in [5, 5.41) is 10.2. The second-order valence-electron chi connectivity index (χ2n) is 6.50. The molecule has 2 heteroatoms. The second kappa shape index (κ2) is 8.16. The van der Waals surface area contributed by atoms with Gasteiger partial charge in [-0.05, 0) is 24.7 Å². The van der Waals surface area contributed by atoms with Gasteiger partial charge in [-0.25, -0.2) is 0 Å². The molecule has 0 radical (unpaired) electrons. The molecule has 0 aromatic carbocycles. The molecule has 108 valence electrons. The number of unbranched alkanes of at least 4 members (excludes halogenated alkanes) is 5. The first kappa shape index (κ1) is 16.0. The van der Waals surface area contributed by atoms with Crippen molar-refractivity contribution in [3.63, 3.8) is 0 Å². The molecule has 1 rings (SSSR count). The molecule has 0 amide bonds. The molecule has 0 saturated heterocycles. The lowest BCUT2D eigenvalue weighted by Crippen LogP contribution is -2.44. The van der Waals surface area contributed by atoms with E-state index in [4.69, 9.17) is 4.74 Å². The van der Waals surface area contributed by atoms with Gasteiger partial charge < -0.3 is 9.84 Å². The van der Waals surface area contributed by atoms with E-state index in [1.54, 1.807) is 0 Å². The molecule has 2 nitrogen and oxygen atoms in total. The Labute approximate surface area is 113 Å². The van der Waals surface area contributed by atoms with E-state index in [-0.39, 0.29) is 17.6 Å². The van der Waals surface area contributed by atoms with E-state index in [0.29, 0.717) is 0 Å². The molecule has 2 atom stereocenters. The molecule has 0 spiro atoms. The van der Waals surface area contributed by atoms with E-state index in [1.165, 1.54) is 38.5 Å². The van der Waals surface area contributed by atoms with Gasteiger partial charge in [0.25, 0.3) is 0 Å². The Kier molecular flexibility index (Phi) is 7.25. The van der Waals surface area contributed by atoms with Crippen LogP contribution in [0.4, 0.5) is 0 Å². The van der Waals surface area contributed by atoms with Gasteiger partial charge in [-0.2, -0.15) is 0 Å². The maximum Gasteiger partial charge on any atom is 0.0852 e. The molecule has 2 unspecified atom stereocenters. The van der Waals surface area contributed by atoms with Gasteiger partial charge in [0.2, 0.25) is 0 Å². The quantitative estimate of drug-likeness (QED) is 0.656. The topological polar surface area (TPSA) is 29.5 Å². The van der Waals surface area contributed by atoms with Crippen molar-refractivity contribution in [1.82, 2.24) is 0 Å². The van der Waals surface area contributed by atoms with Crippen LogP contribution in [0.3, 0.4) is 0 Å². The summed E-state index contributed by atoms with van der Waals surface area (Å²) in [6.07, 6.45) is 10.9. The van der Waals surface area contributed by atoms with Crippen molar-refractivity contribution in [3.8, 4) is 0 Å². The van der Waals surface area contributed by atoms with Gasteiger partial charge in [-0.1, -0.05) is 59.3 Å². The van der Waals surface area contributed by atoms with Crippen molar-refractivity contribution in [2.75, 3.05) is 6.61 Å². The number of ether oxygens (including phenoxy) is 1. The van der Waals surface area contributed by atoms with Gasteiger partial charge in [-0.15, -0.1) is 0 Å². The molecular formula is C16H32O2. The smallest absolute Gasteiger partial charge is 0.0852 e. The minimum atomic E-state index is -0.286. The minimum absolute atomic E-state index is 0.0318. The van der Waals surface area contributed by atoms with E-state index in [1.807, 2.05) is 0 Å². The highest BCUT2D eigenvalue weighted by Gasteiger charge is 2.38. The fraction of sp³-hybridized carbons (Fsp3) is 1.00. The Morgan fingerprint density at radius 3 is 2.50 bits per heavy atom. The molecule has 0 aromatic heterocycles. The highest BCUT2D eigenvalue weighted by Crippen LogP contribution is 2.36. The van der Waals surface area contributed by atoms with E-state index in [2.05, 4.69) is 20.8 Å². The second-order valence-corrected chi connectivity index (χ2v) is 6.50. The standard InChI is InChI=1S/C16H32O2/c1-4-5-6-7-8-9-13-18-14-11-10-12-16(2,3)15(14)17/h14-15,17H,4-13H2,1-3H3. The number of rotatable bonds is 8. The van der Waals surface area contributed by atoms with Crippen LogP contribution >= 0.6 is 0 Å². The predicted molar refractivity (Wildman–Crippen MR) is 76.8 cm³/mol. The molecule has 0 bridgehead atoms. The SMILES string of the molecule is CCCCCCCCOC1CCCC(C)(C)C1O. The Balaban J connectivity index is 2.08. The van der Waals surface area contributed by atoms with Crippen molar-refractivity contribution < 1.29 is 9.84 Å². The van der Waals surface area contributed by atoms with Gasteiger partial charge in [0.1, 0.15) is 0 Å². The third-order valence-corrected chi connectivity index (χ3v) is 4.29. The highest BCUT2D eigenvalue weighted by atomic mass is 16.5. The number of aliphatic hydroxyl groups excluding tert-OH is 1. The van der Waals surface area contributed by atoms with Crippen LogP contribution in [0.2, 0.25) is 0 Å². The summed E-state index contributed by atoms with van der Waals surface area (Å²) in [5.41, 5.74) is 0.0318. The first-order valence-electron chi connectivity index (χ1n) is 7.87. The highest BCUT2D eigenvalue weighted by molar-refractivity contribution is 4.88. The summed E-state index contributed by atoms with van der Waals surface area (Å²) in [6, 6.07) is 0. The number of aliphatic hydroxyl groups is 1. The van der Waals surface area contributed by atoms with Crippen LogP contribution in [-0.2, 0) is 4.74 Å². The zero-order chi connectivity index (χ0) is 13.4. The maximum atomic E-state index is 10.2. The van der Waals surface area contributed by atoms with E-state index >= 15 is 0 Å². The molecule has 1 saturated carbocycles. The van der Waals surface area contributed by atoms with E-state index < -0.39 is 0 Å². The molecule has 0 aliphatic heterocycles. The zero-order valence-electron chi connectivity index (χ0n) is 12.6. The summed E-state index contributed by atoms with van der Waals surface area (Å²) < 4.78 is 5.89. The van der Waals surface area contributed by atoms with Crippen molar-refractivity contribution in [3.05, 3.63) is 0 Å². The van der Waals surface area contributed by atoms with Crippen LogP contribution in [0.5, 0.6) is 0 Å².